The van der Waals surface area contributed by atoms with Crippen LogP contribution in [0.3, 0.4) is 0 Å². The van der Waals surface area contributed by atoms with Crippen molar-refractivity contribution in [3.05, 3.63) is 0 Å². The summed E-state index contributed by atoms with van der Waals surface area (Å²) in [5, 5.41) is 9.04. The number of rotatable bonds is 3. The van der Waals surface area contributed by atoms with Crippen LogP contribution in [0.1, 0.15) is 44.9 Å². The Bertz CT molecular complexity index is 200. The highest BCUT2D eigenvalue weighted by Gasteiger charge is 2.34. The Morgan fingerprint density at radius 2 is 2.00 bits per heavy atom. The second kappa shape index (κ2) is 4.81. The molecule has 0 amide bonds. The molecule has 88 valence electrons. The van der Waals surface area contributed by atoms with E-state index < -0.39 is 0 Å². The molecular weight excluding hydrogens is 188 g/mol. The minimum Gasteiger partial charge on any atom is -0.396 e. The fourth-order valence-corrected chi connectivity index (χ4v) is 3.20. The van der Waals surface area contributed by atoms with Crippen molar-refractivity contribution >= 4 is 0 Å². The number of hydrogen-bond acceptors (Lipinski definition) is 3. The second-order valence-corrected chi connectivity index (χ2v) is 5.35. The Labute approximate surface area is 92.6 Å². The second-order valence-electron chi connectivity index (χ2n) is 5.35. The summed E-state index contributed by atoms with van der Waals surface area (Å²) in [7, 11) is 0. The van der Waals surface area contributed by atoms with Gasteiger partial charge in [0.2, 0.25) is 0 Å². The minimum atomic E-state index is -0.115. The van der Waals surface area contributed by atoms with Gasteiger partial charge >= 0.3 is 0 Å². The number of aliphatic hydroxyl groups excluding tert-OH is 1. The van der Waals surface area contributed by atoms with Crippen LogP contribution in [-0.2, 0) is 0 Å². The van der Waals surface area contributed by atoms with Crippen LogP contribution in [-0.4, -0.2) is 41.3 Å². The predicted octanol–water partition coefficient (Wildman–Crippen LogP) is 1.10. The van der Waals surface area contributed by atoms with E-state index in [0.717, 1.165) is 25.4 Å². The van der Waals surface area contributed by atoms with Gasteiger partial charge in [0.05, 0.1) is 0 Å². The molecule has 2 aliphatic rings. The molecular formula is C12H24N2O. The lowest BCUT2D eigenvalue weighted by molar-refractivity contribution is 0.0896. The molecule has 1 aliphatic carbocycles. The van der Waals surface area contributed by atoms with Gasteiger partial charge in [-0.3, -0.25) is 4.90 Å². The summed E-state index contributed by atoms with van der Waals surface area (Å²) in [6.07, 6.45) is 8.53. The van der Waals surface area contributed by atoms with E-state index in [4.69, 9.17) is 10.8 Å². The summed E-state index contributed by atoms with van der Waals surface area (Å²) >= 11 is 0. The van der Waals surface area contributed by atoms with Gasteiger partial charge in [0.1, 0.15) is 0 Å². The van der Waals surface area contributed by atoms with E-state index in [0.29, 0.717) is 0 Å². The summed E-state index contributed by atoms with van der Waals surface area (Å²) in [5.74, 6) is 0. The van der Waals surface area contributed by atoms with Crippen molar-refractivity contribution in [3.8, 4) is 0 Å². The molecule has 1 heterocycles. The zero-order valence-electron chi connectivity index (χ0n) is 9.62. The molecule has 1 unspecified atom stereocenters. The first-order valence-electron chi connectivity index (χ1n) is 6.37. The fourth-order valence-electron chi connectivity index (χ4n) is 3.20. The molecule has 1 aliphatic heterocycles. The van der Waals surface area contributed by atoms with Crippen LogP contribution in [0.4, 0.5) is 0 Å². The fraction of sp³-hybridized carbons (Fsp3) is 1.00. The van der Waals surface area contributed by atoms with Gasteiger partial charge in [-0.25, -0.2) is 0 Å². The molecule has 1 atom stereocenters. The summed E-state index contributed by atoms with van der Waals surface area (Å²) in [4.78, 5) is 2.58. The molecule has 1 saturated carbocycles. The number of piperidine rings is 1. The smallest absolute Gasteiger partial charge is 0.0449 e. The Morgan fingerprint density at radius 1 is 1.27 bits per heavy atom. The standard InChI is InChI=1S/C12H24N2O/c13-12(7-9-15)6-3-8-14(10-12)11-4-1-2-5-11/h11,15H,1-10,13H2. The zero-order valence-corrected chi connectivity index (χ0v) is 9.62. The van der Waals surface area contributed by atoms with Crippen molar-refractivity contribution in [1.29, 1.82) is 0 Å². The van der Waals surface area contributed by atoms with E-state index in [1.165, 1.54) is 38.6 Å². The molecule has 3 heteroatoms. The van der Waals surface area contributed by atoms with Crippen LogP contribution >= 0.6 is 0 Å². The summed E-state index contributed by atoms with van der Waals surface area (Å²) < 4.78 is 0. The molecule has 0 aromatic rings. The average molecular weight is 212 g/mol. The highest BCUT2D eigenvalue weighted by atomic mass is 16.3. The number of nitrogens with zero attached hydrogens (tertiary/aromatic N) is 1. The number of aliphatic hydroxyl groups is 1. The average Bonchev–Trinajstić information content (AvgIpc) is 2.70. The zero-order chi connectivity index (χ0) is 10.7. The largest absolute Gasteiger partial charge is 0.396 e. The van der Waals surface area contributed by atoms with Crippen molar-refractivity contribution in [1.82, 2.24) is 4.90 Å². The third-order valence-electron chi connectivity index (χ3n) is 4.09. The van der Waals surface area contributed by atoms with Gasteiger partial charge in [0.25, 0.3) is 0 Å². The predicted molar refractivity (Wildman–Crippen MR) is 61.7 cm³/mol. The van der Waals surface area contributed by atoms with Crippen LogP contribution in [0.15, 0.2) is 0 Å². The highest BCUT2D eigenvalue weighted by Crippen LogP contribution is 2.29. The first-order chi connectivity index (χ1) is 7.23. The van der Waals surface area contributed by atoms with Crippen molar-refractivity contribution in [2.75, 3.05) is 19.7 Å². The molecule has 1 saturated heterocycles. The number of nitrogens with two attached hydrogens (primary N) is 1. The van der Waals surface area contributed by atoms with Crippen molar-refractivity contribution in [3.63, 3.8) is 0 Å². The van der Waals surface area contributed by atoms with Crippen molar-refractivity contribution in [2.45, 2.75) is 56.5 Å². The maximum atomic E-state index is 9.04. The lowest BCUT2D eigenvalue weighted by atomic mass is 9.86. The lowest BCUT2D eigenvalue weighted by Gasteiger charge is -2.42. The van der Waals surface area contributed by atoms with Crippen LogP contribution in [0.5, 0.6) is 0 Å². The van der Waals surface area contributed by atoms with E-state index in [9.17, 15) is 0 Å². The summed E-state index contributed by atoms with van der Waals surface area (Å²) in [5.41, 5.74) is 6.21. The molecule has 15 heavy (non-hydrogen) atoms. The van der Waals surface area contributed by atoms with E-state index in [-0.39, 0.29) is 12.1 Å². The Kier molecular flexibility index (Phi) is 3.65. The third kappa shape index (κ3) is 2.71. The monoisotopic (exact) mass is 212 g/mol. The molecule has 2 rings (SSSR count). The van der Waals surface area contributed by atoms with E-state index in [1.807, 2.05) is 0 Å². The molecule has 0 spiro atoms. The third-order valence-corrected chi connectivity index (χ3v) is 4.09. The first-order valence-corrected chi connectivity index (χ1v) is 6.37. The Balaban J connectivity index is 1.91. The van der Waals surface area contributed by atoms with Crippen molar-refractivity contribution in [2.24, 2.45) is 5.73 Å². The molecule has 0 aromatic carbocycles. The van der Waals surface area contributed by atoms with Gasteiger partial charge in [-0.1, -0.05) is 12.8 Å². The van der Waals surface area contributed by atoms with Gasteiger partial charge in [0.15, 0.2) is 0 Å². The Morgan fingerprint density at radius 3 is 2.67 bits per heavy atom. The maximum Gasteiger partial charge on any atom is 0.0449 e. The normalized spacial score (nSPS) is 34.8. The highest BCUT2D eigenvalue weighted by molar-refractivity contribution is 4.94. The van der Waals surface area contributed by atoms with E-state index in [2.05, 4.69) is 4.90 Å². The van der Waals surface area contributed by atoms with Gasteiger partial charge in [-0.15, -0.1) is 0 Å². The van der Waals surface area contributed by atoms with Gasteiger partial charge in [-0.2, -0.15) is 0 Å². The first kappa shape index (κ1) is 11.4. The summed E-state index contributed by atoms with van der Waals surface area (Å²) in [6, 6.07) is 0.784. The maximum absolute atomic E-state index is 9.04. The van der Waals surface area contributed by atoms with E-state index >= 15 is 0 Å². The lowest BCUT2D eigenvalue weighted by Crippen LogP contribution is -2.56. The van der Waals surface area contributed by atoms with Gasteiger partial charge in [-0.05, 0) is 38.6 Å². The van der Waals surface area contributed by atoms with Gasteiger partial charge < -0.3 is 10.8 Å². The molecule has 0 radical (unpaired) electrons. The van der Waals surface area contributed by atoms with Crippen LogP contribution < -0.4 is 5.73 Å². The molecule has 0 bridgehead atoms. The van der Waals surface area contributed by atoms with Crippen molar-refractivity contribution < 1.29 is 5.11 Å². The minimum absolute atomic E-state index is 0.115. The topological polar surface area (TPSA) is 49.5 Å². The number of likely N-dealkylation sites (tertiary alicyclic amines) is 1. The molecule has 2 fully saturated rings. The Hall–Kier alpha value is -0.120. The SMILES string of the molecule is NC1(CCO)CCCN(C2CCCC2)C1. The van der Waals surface area contributed by atoms with E-state index in [1.54, 1.807) is 0 Å². The van der Waals surface area contributed by atoms with Gasteiger partial charge in [0, 0.05) is 24.7 Å². The number of hydrogen-bond donors (Lipinski definition) is 2. The molecule has 3 nitrogen and oxygen atoms in total. The quantitative estimate of drug-likeness (QED) is 0.736. The van der Waals surface area contributed by atoms with Crippen LogP contribution in [0, 0.1) is 0 Å². The summed E-state index contributed by atoms with van der Waals surface area (Å²) in [6.45, 7) is 2.45. The van der Waals surface area contributed by atoms with Crippen LogP contribution in [0.25, 0.3) is 0 Å². The van der Waals surface area contributed by atoms with Crippen LogP contribution in [0.2, 0.25) is 0 Å². The molecule has 0 aromatic heterocycles. The molecule has 3 N–H and O–H groups in total.